The van der Waals surface area contributed by atoms with Gasteiger partial charge in [-0.15, -0.1) is 10.2 Å². The number of carboxylic acid groups (broad SMARTS) is 1. The van der Waals surface area contributed by atoms with Crippen LogP contribution >= 0.6 is 0 Å². The van der Waals surface area contributed by atoms with Crippen molar-refractivity contribution in [1.82, 2.24) is 20.2 Å². The molecule has 78 valence electrons. The summed E-state index contributed by atoms with van der Waals surface area (Å²) in [6, 6.07) is 0. The van der Waals surface area contributed by atoms with E-state index < -0.39 is 5.97 Å². The van der Waals surface area contributed by atoms with Crippen molar-refractivity contribution in [2.75, 3.05) is 0 Å². The summed E-state index contributed by atoms with van der Waals surface area (Å²) >= 11 is 0. The first-order valence-corrected chi connectivity index (χ1v) is 4.71. The van der Waals surface area contributed by atoms with E-state index in [4.69, 9.17) is 5.11 Å². The van der Waals surface area contributed by atoms with Crippen molar-refractivity contribution < 1.29 is 9.90 Å². The highest BCUT2D eigenvalue weighted by Crippen LogP contribution is 1.99. The zero-order chi connectivity index (χ0) is 10.4. The Morgan fingerprint density at radius 2 is 2.29 bits per heavy atom. The van der Waals surface area contributed by atoms with Crippen LogP contribution in [0.25, 0.3) is 0 Å². The van der Waals surface area contributed by atoms with E-state index in [1.54, 1.807) is 0 Å². The van der Waals surface area contributed by atoms with Gasteiger partial charge in [-0.2, -0.15) is 4.80 Å². The lowest BCUT2D eigenvalue weighted by molar-refractivity contribution is -0.138. The first-order valence-electron chi connectivity index (χ1n) is 4.71. The van der Waals surface area contributed by atoms with Gasteiger partial charge in [0.1, 0.15) is 0 Å². The Hall–Kier alpha value is -1.46. The Morgan fingerprint density at radius 3 is 2.93 bits per heavy atom. The van der Waals surface area contributed by atoms with Crippen LogP contribution < -0.4 is 0 Å². The van der Waals surface area contributed by atoms with Crippen LogP contribution in [-0.4, -0.2) is 31.3 Å². The van der Waals surface area contributed by atoms with Gasteiger partial charge in [0.15, 0.2) is 12.4 Å². The van der Waals surface area contributed by atoms with E-state index in [0.29, 0.717) is 5.82 Å². The Bertz CT molecular complexity index is 297. The average Bonchev–Trinajstić information content (AvgIpc) is 2.52. The van der Waals surface area contributed by atoms with Crippen molar-refractivity contribution in [2.24, 2.45) is 0 Å². The Morgan fingerprint density at radius 1 is 1.50 bits per heavy atom. The number of aromatic nitrogens is 4. The molecule has 1 N–H and O–H groups in total. The fourth-order valence-electron chi connectivity index (χ4n) is 1.10. The van der Waals surface area contributed by atoms with E-state index in [0.717, 1.165) is 30.5 Å². The molecule has 6 nitrogen and oxygen atoms in total. The normalized spacial score (nSPS) is 10.4. The minimum absolute atomic E-state index is 0.221. The van der Waals surface area contributed by atoms with Crippen molar-refractivity contribution >= 4 is 5.97 Å². The first-order chi connectivity index (χ1) is 6.72. The topological polar surface area (TPSA) is 80.9 Å². The van der Waals surface area contributed by atoms with Crippen molar-refractivity contribution in [3.8, 4) is 0 Å². The molecule has 0 aromatic carbocycles. The smallest absolute Gasteiger partial charge is 0.327 e. The number of tetrazole rings is 1. The van der Waals surface area contributed by atoms with Gasteiger partial charge in [-0.3, -0.25) is 4.79 Å². The molecule has 0 aliphatic rings. The molecule has 6 heteroatoms. The average molecular weight is 198 g/mol. The maximum absolute atomic E-state index is 10.3. The van der Waals surface area contributed by atoms with Crippen LogP contribution in [0, 0.1) is 0 Å². The van der Waals surface area contributed by atoms with Crippen LogP contribution in [0.1, 0.15) is 32.0 Å². The molecule has 0 saturated heterocycles. The Balaban J connectivity index is 2.38. The molecule has 0 bridgehead atoms. The van der Waals surface area contributed by atoms with Gasteiger partial charge in [0.2, 0.25) is 0 Å². The van der Waals surface area contributed by atoms with E-state index in [-0.39, 0.29) is 6.54 Å². The molecule has 0 fully saturated rings. The second-order valence-corrected chi connectivity index (χ2v) is 3.09. The van der Waals surface area contributed by atoms with Crippen LogP contribution in [0.2, 0.25) is 0 Å². The number of carboxylic acids is 1. The number of hydrogen-bond donors (Lipinski definition) is 1. The summed E-state index contributed by atoms with van der Waals surface area (Å²) in [5, 5.41) is 19.8. The van der Waals surface area contributed by atoms with Gasteiger partial charge in [0, 0.05) is 6.42 Å². The van der Waals surface area contributed by atoms with Gasteiger partial charge in [-0.05, 0) is 11.6 Å². The number of unbranched alkanes of at least 4 members (excludes halogenated alkanes) is 2. The second-order valence-electron chi connectivity index (χ2n) is 3.09. The van der Waals surface area contributed by atoms with Gasteiger partial charge >= 0.3 is 5.97 Å². The minimum Gasteiger partial charge on any atom is -0.480 e. The highest BCUT2D eigenvalue weighted by molar-refractivity contribution is 5.66. The third-order valence-electron chi connectivity index (χ3n) is 1.77. The molecule has 0 atom stereocenters. The molecule has 0 saturated carbocycles. The maximum atomic E-state index is 10.3. The number of rotatable bonds is 6. The lowest BCUT2D eigenvalue weighted by atomic mass is 10.2. The molecule has 0 aliphatic heterocycles. The minimum atomic E-state index is -0.956. The summed E-state index contributed by atoms with van der Waals surface area (Å²) in [6.07, 6.45) is 4.07. The molecule has 14 heavy (non-hydrogen) atoms. The summed E-state index contributed by atoms with van der Waals surface area (Å²) in [7, 11) is 0. The monoisotopic (exact) mass is 198 g/mol. The summed E-state index contributed by atoms with van der Waals surface area (Å²) in [5.74, 6) is -0.331. The molecule has 1 rings (SSSR count). The fourth-order valence-corrected chi connectivity index (χ4v) is 1.10. The van der Waals surface area contributed by atoms with Crippen LogP contribution in [0.15, 0.2) is 0 Å². The molecule has 1 aromatic rings. The van der Waals surface area contributed by atoms with Gasteiger partial charge in [-0.1, -0.05) is 19.8 Å². The fraction of sp³-hybridized carbons (Fsp3) is 0.750. The zero-order valence-electron chi connectivity index (χ0n) is 8.18. The van der Waals surface area contributed by atoms with Crippen molar-refractivity contribution in [3.63, 3.8) is 0 Å². The Labute approximate surface area is 81.9 Å². The van der Waals surface area contributed by atoms with Crippen LogP contribution in [-0.2, 0) is 17.8 Å². The first kappa shape index (κ1) is 10.6. The molecule has 0 unspecified atom stereocenters. The summed E-state index contributed by atoms with van der Waals surface area (Å²) in [4.78, 5) is 11.4. The van der Waals surface area contributed by atoms with Crippen molar-refractivity contribution in [3.05, 3.63) is 5.82 Å². The molecular formula is C8H14N4O2. The van der Waals surface area contributed by atoms with Gasteiger partial charge in [0.05, 0.1) is 0 Å². The summed E-state index contributed by atoms with van der Waals surface area (Å²) in [5.41, 5.74) is 0. The lowest BCUT2D eigenvalue weighted by Crippen LogP contribution is -2.11. The van der Waals surface area contributed by atoms with Gasteiger partial charge in [0.25, 0.3) is 0 Å². The number of aliphatic carboxylic acids is 1. The van der Waals surface area contributed by atoms with Gasteiger partial charge < -0.3 is 5.11 Å². The highest BCUT2D eigenvalue weighted by atomic mass is 16.4. The largest absolute Gasteiger partial charge is 0.480 e. The van der Waals surface area contributed by atoms with E-state index in [1.165, 1.54) is 0 Å². The summed E-state index contributed by atoms with van der Waals surface area (Å²) in [6.45, 7) is 1.90. The Kier molecular flexibility index (Phi) is 4.03. The predicted molar refractivity (Wildman–Crippen MR) is 48.7 cm³/mol. The molecule has 0 radical (unpaired) electrons. The van der Waals surface area contributed by atoms with E-state index in [9.17, 15) is 4.79 Å². The zero-order valence-corrected chi connectivity index (χ0v) is 8.18. The van der Waals surface area contributed by atoms with E-state index in [1.807, 2.05) is 0 Å². The lowest BCUT2D eigenvalue weighted by Gasteiger charge is -1.92. The van der Waals surface area contributed by atoms with Crippen LogP contribution in [0.4, 0.5) is 0 Å². The van der Waals surface area contributed by atoms with E-state index in [2.05, 4.69) is 22.3 Å². The molecule has 0 amide bonds. The molecule has 0 aliphatic carbocycles. The third kappa shape index (κ3) is 3.51. The van der Waals surface area contributed by atoms with Crippen molar-refractivity contribution in [1.29, 1.82) is 0 Å². The number of aryl methyl sites for hydroxylation is 1. The predicted octanol–water partition coefficient (Wildman–Crippen LogP) is 0.490. The third-order valence-corrected chi connectivity index (χ3v) is 1.77. The van der Waals surface area contributed by atoms with Crippen molar-refractivity contribution in [2.45, 2.75) is 39.2 Å². The number of carbonyl (C=O) groups is 1. The molecule has 0 spiro atoms. The maximum Gasteiger partial charge on any atom is 0.327 e. The number of nitrogens with zero attached hydrogens (tertiary/aromatic N) is 4. The van der Waals surface area contributed by atoms with Crippen LogP contribution in [0.5, 0.6) is 0 Å². The second kappa shape index (κ2) is 5.31. The SMILES string of the molecule is CCCCCc1nnn(CC(=O)O)n1. The van der Waals surface area contributed by atoms with Crippen LogP contribution in [0.3, 0.4) is 0 Å². The highest BCUT2D eigenvalue weighted by Gasteiger charge is 2.05. The van der Waals surface area contributed by atoms with Gasteiger partial charge in [-0.25, -0.2) is 0 Å². The molecule has 1 aromatic heterocycles. The van der Waals surface area contributed by atoms with E-state index >= 15 is 0 Å². The molecule has 1 heterocycles. The standard InChI is InChI=1S/C8H14N4O2/c1-2-3-4-5-7-9-11-12(10-7)6-8(13)14/h2-6H2,1H3,(H,13,14). The quantitative estimate of drug-likeness (QED) is 0.673. The number of hydrogen-bond acceptors (Lipinski definition) is 4. The summed E-state index contributed by atoms with van der Waals surface area (Å²) < 4.78 is 0. The molecular weight excluding hydrogens is 184 g/mol.